The van der Waals surface area contributed by atoms with Gasteiger partial charge >= 0.3 is 12.2 Å². The van der Waals surface area contributed by atoms with Gasteiger partial charge in [0.05, 0.1) is 0 Å². The number of nitrogens with one attached hydrogen (secondary N) is 1. The SMILES string of the molecule is CCC(C)OC(=O)Nc1cccc(OC(=O)N(CCCl)C(C)(C)C)c1. The normalized spacial score (nSPS) is 12.2. The van der Waals surface area contributed by atoms with Crippen molar-refractivity contribution in [2.45, 2.75) is 52.7 Å². The lowest BCUT2D eigenvalue weighted by molar-refractivity contribution is 0.111. The van der Waals surface area contributed by atoms with Crippen LogP contribution in [0.25, 0.3) is 0 Å². The van der Waals surface area contributed by atoms with Crippen LogP contribution in [0.1, 0.15) is 41.0 Å². The summed E-state index contributed by atoms with van der Waals surface area (Å²) in [7, 11) is 0. The number of benzene rings is 1. The minimum absolute atomic E-state index is 0.170. The van der Waals surface area contributed by atoms with Gasteiger partial charge in [-0.2, -0.15) is 0 Å². The number of rotatable bonds is 6. The van der Waals surface area contributed by atoms with E-state index in [9.17, 15) is 9.59 Å². The van der Waals surface area contributed by atoms with Gasteiger partial charge in [-0.05, 0) is 46.2 Å². The smallest absolute Gasteiger partial charge is 0.415 e. The molecule has 1 unspecified atom stereocenters. The Morgan fingerprint density at radius 1 is 1.32 bits per heavy atom. The largest absolute Gasteiger partial charge is 0.446 e. The second-order valence-electron chi connectivity index (χ2n) is 6.66. The molecule has 0 heterocycles. The van der Waals surface area contributed by atoms with Crippen LogP contribution in [-0.4, -0.2) is 41.2 Å². The van der Waals surface area contributed by atoms with E-state index in [4.69, 9.17) is 21.1 Å². The second kappa shape index (κ2) is 9.51. The van der Waals surface area contributed by atoms with Crippen molar-refractivity contribution in [3.63, 3.8) is 0 Å². The first kappa shape index (κ1) is 21.1. The summed E-state index contributed by atoms with van der Waals surface area (Å²) < 4.78 is 10.6. The van der Waals surface area contributed by atoms with Crippen LogP contribution < -0.4 is 10.1 Å². The van der Waals surface area contributed by atoms with Crippen LogP contribution >= 0.6 is 11.6 Å². The number of carbonyl (C=O) groups is 2. The van der Waals surface area contributed by atoms with Crippen LogP contribution in [0.15, 0.2) is 24.3 Å². The number of hydrogen-bond donors (Lipinski definition) is 1. The lowest BCUT2D eigenvalue weighted by Crippen LogP contribution is -2.48. The third-order valence-corrected chi connectivity index (χ3v) is 3.68. The van der Waals surface area contributed by atoms with Crippen LogP contribution in [0, 0.1) is 0 Å². The van der Waals surface area contributed by atoms with Crippen LogP contribution in [-0.2, 0) is 4.74 Å². The van der Waals surface area contributed by atoms with E-state index in [1.807, 2.05) is 34.6 Å². The molecule has 6 nitrogen and oxygen atoms in total. The molecule has 0 bridgehead atoms. The van der Waals surface area contributed by atoms with Gasteiger partial charge < -0.3 is 14.4 Å². The summed E-state index contributed by atoms with van der Waals surface area (Å²) in [5, 5.41) is 2.62. The molecule has 1 N–H and O–H groups in total. The minimum atomic E-state index is -0.545. The molecular weight excluding hydrogens is 344 g/mol. The molecule has 7 heteroatoms. The second-order valence-corrected chi connectivity index (χ2v) is 7.03. The Balaban J connectivity index is 2.77. The van der Waals surface area contributed by atoms with Gasteiger partial charge in [-0.15, -0.1) is 11.6 Å². The first-order valence-corrected chi connectivity index (χ1v) is 8.84. The van der Waals surface area contributed by atoms with Crippen LogP contribution in [0.3, 0.4) is 0 Å². The Morgan fingerprint density at radius 3 is 2.56 bits per heavy atom. The van der Waals surface area contributed by atoms with Crippen LogP contribution in [0.4, 0.5) is 15.3 Å². The number of nitrogens with zero attached hydrogens (tertiary/aromatic N) is 1. The standard InChI is InChI=1S/C18H27ClN2O4/c1-6-13(2)24-16(22)20-14-8-7-9-15(12-14)25-17(23)21(11-10-19)18(3,4)5/h7-9,12-13H,6,10-11H2,1-5H3,(H,20,22). The Labute approximate surface area is 154 Å². The fraction of sp³-hybridized carbons (Fsp3) is 0.556. The van der Waals surface area contributed by atoms with E-state index >= 15 is 0 Å². The number of halogens is 1. The van der Waals surface area contributed by atoms with E-state index in [1.165, 1.54) is 0 Å². The highest BCUT2D eigenvalue weighted by atomic mass is 35.5. The maximum Gasteiger partial charge on any atom is 0.415 e. The first-order valence-electron chi connectivity index (χ1n) is 8.30. The van der Waals surface area contributed by atoms with E-state index < -0.39 is 17.7 Å². The average molecular weight is 371 g/mol. The summed E-state index contributed by atoms with van der Waals surface area (Å²) in [5.41, 5.74) is 0.0697. The molecular formula is C18H27ClN2O4. The minimum Gasteiger partial charge on any atom is -0.446 e. The fourth-order valence-corrected chi connectivity index (χ4v) is 2.16. The number of carbonyl (C=O) groups excluding carboxylic acids is 2. The van der Waals surface area contributed by atoms with Crippen molar-refractivity contribution < 1.29 is 19.1 Å². The molecule has 0 fully saturated rings. The summed E-state index contributed by atoms with van der Waals surface area (Å²) in [6.45, 7) is 9.84. The summed E-state index contributed by atoms with van der Waals surface area (Å²) in [6, 6.07) is 6.59. The zero-order valence-electron chi connectivity index (χ0n) is 15.5. The van der Waals surface area contributed by atoms with Crippen molar-refractivity contribution in [3.05, 3.63) is 24.3 Å². The Morgan fingerprint density at radius 2 is 2.00 bits per heavy atom. The Hall–Kier alpha value is -1.95. The van der Waals surface area contributed by atoms with Crippen molar-refractivity contribution in [1.82, 2.24) is 4.90 Å². The molecule has 25 heavy (non-hydrogen) atoms. The molecule has 0 radical (unpaired) electrons. The molecule has 0 aliphatic heterocycles. The van der Waals surface area contributed by atoms with Crippen molar-refractivity contribution in [1.29, 1.82) is 0 Å². The van der Waals surface area contributed by atoms with Crippen molar-refractivity contribution in [3.8, 4) is 5.75 Å². The van der Waals surface area contributed by atoms with Gasteiger partial charge in [0.25, 0.3) is 0 Å². The molecule has 0 saturated heterocycles. The summed E-state index contributed by atoms with van der Waals surface area (Å²) in [6.07, 6.45) is -0.477. The fourth-order valence-electron chi connectivity index (χ4n) is 1.99. The number of amides is 2. The summed E-state index contributed by atoms with van der Waals surface area (Å²) >= 11 is 5.77. The van der Waals surface area contributed by atoms with Gasteiger partial charge in [-0.25, -0.2) is 9.59 Å². The van der Waals surface area contributed by atoms with E-state index in [0.717, 1.165) is 6.42 Å². The maximum atomic E-state index is 12.4. The van der Waals surface area contributed by atoms with Gasteiger partial charge in [0.1, 0.15) is 11.9 Å². The monoisotopic (exact) mass is 370 g/mol. The van der Waals surface area contributed by atoms with E-state index in [0.29, 0.717) is 23.9 Å². The molecule has 0 aliphatic rings. The molecule has 1 rings (SSSR count). The number of alkyl halides is 1. The molecule has 0 saturated carbocycles. The van der Waals surface area contributed by atoms with Gasteiger partial charge in [0, 0.05) is 29.7 Å². The number of hydrogen-bond acceptors (Lipinski definition) is 4. The highest BCUT2D eigenvalue weighted by Gasteiger charge is 2.27. The number of anilines is 1. The number of ether oxygens (including phenoxy) is 2. The zero-order valence-corrected chi connectivity index (χ0v) is 16.2. The molecule has 0 spiro atoms. The lowest BCUT2D eigenvalue weighted by Gasteiger charge is -2.34. The van der Waals surface area contributed by atoms with Crippen molar-refractivity contribution in [2.75, 3.05) is 17.7 Å². The molecule has 2 amide bonds. The van der Waals surface area contributed by atoms with Gasteiger partial charge in [-0.3, -0.25) is 5.32 Å². The third-order valence-electron chi connectivity index (χ3n) is 3.51. The summed E-state index contributed by atoms with van der Waals surface area (Å²) in [5.74, 6) is 0.644. The third kappa shape index (κ3) is 7.22. The van der Waals surface area contributed by atoms with E-state index in [1.54, 1.807) is 29.2 Å². The average Bonchev–Trinajstić information content (AvgIpc) is 2.51. The predicted molar refractivity (Wildman–Crippen MR) is 99.5 cm³/mol. The first-order chi connectivity index (χ1) is 11.7. The van der Waals surface area contributed by atoms with Crippen LogP contribution in [0.2, 0.25) is 0 Å². The topological polar surface area (TPSA) is 67.9 Å². The maximum absolute atomic E-state index is 12.4. The van der Waals surface area contributed by atoms with E-state index in [-0.39, 0.29) is 6.10 Å². The quantitative estimate of drug-likeness (QED) is 0.725. The Bertz CT molecular complexity index is 587. The van der Waals surface area contributed by atoms with Crippen molar-refractivity contribution in [2.24, 2.45) is 0 Å². The zero-order chi connectivity index (χ0) is 19.0. The molecule has 1 atom stereocenters. The van der Waals surface area contributed by atoms with Gasteiger partial charge in [0.2, 0.25) is 0 Å². The van der Waals surface area contributed by atoms with Gasteiger partial charge in [0.15, 0.2) is 0 Å². The van der Waals surface area contributed by atoms with Gasteiger partial charge in [-0.1, -0.05) is 13.0 Å². The predicted octanol–water partition coefficient (Wildman–Crippen LogP) is 4.87. The van der Waals surface area contributed by atoms with E-state index in [2.05, 4.69) is 5.32 Å². The molecule has 0 aromatic heterocycles. The van der Waals surface area contributed by atoms with Crippen molar-refractivity contribution >= 4 is 29.5 Å². The Kier molecular flexibility index (Phi) is 8.03. The summed E-state index contributed by atoms with van der Waals surface area (Å²) in [4.78, 5) is 25.7. The highest BCUT2D eigenvalue weighted by molar-refractivity contribution is 6.18. The highest BCUT2D eigenvalue weighted by Crippen LogP contribution is 2.21. The lowest BCUT2D eigenvalue weighted by atomic mass is 10.1. The molecule has 140 valence electrons. The van der Waals surface area contributed by atoms with Crippen LogP contribution in [0.5, 0.6) is 5.75 Å². The molecule has 0 aliphatic carbocycles. The molecule has 1 aromatic rings. The molecule has 1 aromatic carbocycles.